The lowest BCUT2D eigenvalue weighted by atomic mass is 9.70. The minimum absolute atomic E-state index is 0.00853. The predicted octanol–water partition coefficient (Wildman–Crippen LogP) is 7.05. The van der Waals surface area contributed by atoms with Crippen molar-refractivity contribution in [3.8, 4) is 5.75 Å². The van der Waals surface area contributed by atoms with E-state index >= 15 is 4.79 Å². The molecule has 6 aliphatic rings. The third-order valence-corrected chi connectivity index (χ3v) is 13.5. The summed E-state index contributed by atoms with van der Waals surface area (Å²) in [7, 11) is 1.67. The van der Waals surface area contributed by atoms with Crippen molar-refractivity contribution in [2.75, 3.05) is 24.1 Å². The van der Waals surface area contributed by atoms with Crippen molar-refractivity contribution < 1.29 is 14.3 Å². The van der Waals surface area contributed by atoms with E-state index in [4.69, 9.17) is 9.73 Å². The van der Waals surface area contributed by atoms with E-state index in [1.165, 1.54) is 18.4 Å². The maximum atomic E-state index is 16.0. The molecule has 5 heterocycles. The molecule has 3 aromatic carbocycles. The standard InChI is InChI=1S/C37H36N4O3S2/c1-44-25-19-17-23(18-20-25)31-30-21-45-22-40(30)36(27-14-9-10-16-29(27)38-33(36)42)37(31)34(43)41-32(24-11-5-4-6-12-24)26-13-7-2-3-8-15-28(26)39-35(41)46-37/h4-6,9-12,14,16-20,30-32H,2-3,7-8,13,15,21-22H2,1H3,(H,38,42). The van der Waals surface area contributed by atoms with Crippen LogP contribution in [0.25, 0.3) is 0 Å². The summed E-state index contributed by atoms with van der Waals surface area (Å²) in [6.07, 6.45) is 6.42. The van der Waals surface area contributed by atoms with Gasteiger partial charge in [-0.3, -0.25) is 19.4 Å². The van der Waals surface area contributed by atoms with Crippen LogP contribution in [0.1, 0.15) is 67.2 Å². The lowest BCUT2D eigenvalue weighted by molar-refractivity contribution is -0.139. The molecule has 0 radical (unpaired) electrons. The number of para-hydroxylation sites is 1. The van der Waals surface area contributed by atoms with Crippen LogP contribution in [0, 0.1) is 0 Å². The Bertz CT molecular complexity index is 1810. The van der Waals surface area contributed by atoms with Crippen molar-refractivity contribution in [3.05, 3.63) is 107 Å². The lowest BCUT2D eigenvalue weighted by Crippen LogP contribution is -2.62. The topological polar surface area (TPSA) is 74.2 Å². The maximum absolute atomic E-state index is 16.0. The van der Waals surface area contributed by atoms with Gasteiger partial charge in [0.25, 0.3) is 5.91 Å². The van der Waals surface area contributed by atoms with Gasteiger partial charge in [-0.1, -0.05) is 85.3 Å². The molecule has 234 valence electrons. The lowest BCUT2D eigenvalue weighted by Gasteiger charge is -2.43. The summed E-state index contributed by atoms with van der Waals surface area (Å²) < 4.78 is 4.37. The Labute approximate surface area is 277 Å². The molecule has 5 unspecified atom stereocenters. The molecule has 9 rings (SSSR count). The molecule has 3 saturated heterocycles. The number of methoxy groups -OCH3 is 1. The highest BCUT2D eigenvalue weighted by Crippen LogP contribution is 2.71. The molecule has 3 fully saturated rings. The van der Waals surface area contributed by atoms with E-state index in [9.17, 15) is 4.79 Å². The first-order valence-corrected chi connectivity index (χ1v) is 18.3. The fourth-order valence-electron chi connectivity index (χ4n) is 9.13. The molecule has 0 saturated carbocycles. The van der Waals surface area contributed by atoms with Crippen LogP contribution in [0.3, 0.4) is 0 Å². The van der Waals surface area contributed by atoms with Crippen LogP contribution in [0.4, 0.5) is 5.69 Å². The van der Waals surface area contributed by atoms with Crippen molar-refractivity contribution in [3.63, 3.8) is 0 Å². The van der Waals surface area contributed by atoms with Crippen LogP contribution >= 0.6 is 23.5 Å². The fourth-order valence-corrected chi connectivity index (χ4v) is 12.2. The van der Waals surface area contributed by atoms with Gasteiger partial charge >= 0.3 is 0 Å². The molecule has 0 aromatic heterocycles. The molecular formula is C37H36N4O3S2. The summed E-state index contributed by atoms with van der Waals surface area (Å²) in [5.41, 5.74) is 5.05. The van der Waals surface area contributed by atoms with Gasteiger partial charge in [-0.25, -0.2) is 4.99 Å². The van der Waals surface area contributed by atoms with Gasteiger partial charge in [0.2, 0.25) is 5.91 Å². The van der Waals surface area contributed by atoms with E-state index in [0.717, 1.165) is 70.4 Å². The van der Waals surface area contributed by atoms with Crippen molar-refractivity contribution in [2.45, 2.75) is 66.8 Å². The number of carbonyl (C=O) groups is 2. The monoisotopic (exact) mass is 648 g/mol. The van der Waals surface area contributed by atoms with Gasteiger partial charge in [-0.15, -0.1) is 11.8 Å². The largest absolute Gasteiger partial charge is 0.497 e. The molecule has 1 aliphatic carbocycles. The van der Waals surface area contributed by atoms with Crippen LogP contribution in [0.2, 0.25) is 0 Å². The normalized spacial score (nSPS) is 31.7. The Morgan fingerprint density at radius 1 is 0.891 bits per heavy atom. The first-order valence-electron chi connectivity index (χ1n) is 16.4. The van der Waals surface area contributed by atoms with Crippen molar-refractivity contribution in [1.29, 1.82) is 0 Å². The molecule has 0 bridgehead atoms. The molecule has 3 aromatic rings. The second-order valence-electron chi connectivity index (χ2n) is 13.1. The van der Waals surface area contributed by atoms with E-state index in [1.54, 1.807) is 18.9 Å². The summed E-state index contributed by atoms with van der Waals surface area (Å²) in [6.45, 7) is 0. The Morgan fingerprint density at radius 3 is 2.46 bits per heavy atom. The number of hydrogen-bond donors (Lipinski definition) is 1. The second-order valence-corrected chi connectivity index (χ2v) is 15.3. The number of carbonyl (C=O) groups excluding carboxylic acids is 2. The van der Waals surface area contributed by atoms with Gasteiger partial charge in [0.1, 0.15) is 10.5 Å². The average Bonchev–Trinajstić information content (AvgIpc) is 3.79. The third kappa shape index (κ3) is 3.70. The number of fused-ring (bicyclic) bond motifs is 6. The Kier molecular flexibility index (Phi) is 6.70. The third-order valence-electron chi connectivity index (χ3n) is 11.0. The van der Waals surface area contributed by atoms with Crippen LogP contribution < -0.4 is 10.1 Å². The fraction of sp³-hybridized carbons (Fsp3) is 0.378. The van der Waals surface area contributed by atoms with Gasteiger partial charge in [-0.05, 0) is 60.6 Å². The van der Waals surface area contributed by atoms with Crippen molar-refractivity contribution in [1.82, 2.24) is 9.80 Å². The van der Waals surface area contributed by atoms with E-state index in [0.29, 0.717) is 5.88 Å². The quantitative estimate of drug-likeness (QED) is 0.328. The molecule has 5 atom stereocenters. The number of nitrogens with one attached hydrogen (secondary N) is 1. The van der Waals surface area contributed by atoms with Gasteiger partial charge < -0.3 is 10.1 Å². The summed E-state index contributed by atoms with van der Waals surface area (Å²) >= 11 is 3.41. The van der Waals surface area contributed by atoms with Gasteiger partial charge in [0.15, 0.2) is 10.7 Å². The van der Waals surface area contributed by atoms with Gasteiger partial charge in [0.05, 0.1) is 13.2 Å². The average molecular weight is 649 g/mol. The van der Waals surface area contributed by atoms with Gasteiger partial charge in [-0.2, -0.15) is 0 Å². The molecule has 7 nitrogen and oxygen atoms in total. The molecule has 1 N–H and O–H groups in total. The first kappa shape index (κ1) is 28.7. The highest BCUT2D eigenvalue weighted by molar-refractivity contribution is 8.16. The second kappa shape index (κ2) is 10.8. The SMILES string of the molecule is COc1ccc(C2C3CSCN3C3(C(=O)Nc4ccccc43)C23SC2=NC4=C(CCCCCC4)C(c4ccccc4)N2C3=O)cc1. The number of nitrogens with zero attached hydrogens (tertiary/aromatic N) is 3. The number of amidine groups is 1. The number of ether oxygens (including phenoxy) is 1. The first-order chi connectivity index (χ1) is 22.6. The number of hydrogen-bond acceptors (Lipinski definition) is 7. The Morgan fingerprint density at radius 2 is 1.65 bits per heavy atom. The predicted molar refractivity (Wildman–Crippen MR) is 184 cm³/mol. The Balaban J connectivity index is 1.31. The number of benzene rings is 3. The van der Waals surface area contributed by atoms with Crippen molar-refractivity contribution in [2.24, 2.45) is 4.99 Å². The Hall–Kier alpha value is -3.53. The summed E-state index contributed by atoms with van der Waals surface area (Å²) in [4.78, 5) is 40.6. The molecular weight excluding hydrogens is 613 g/mol. The number of amides is 2. The van der Waals surface area contributed by atoms with Crippen LogP contribution in [0.15, 0.2) is 95.1 Å². The minimum atomic E-state index is -1.19. The molecule has 5 aliphatic heterocycles. The number of thioether (sulfide) groups is 2. The number of allylic oxidation sites excluding steroid dienone is 1. The number of aliphatic imine (C=N–C) groups is 1. The van der Waals surface area contributed by atoms with Crippen LogP contribution in [-0.2, 0) is 15.1 Å². The summed E-state index contributed by atoms with van der Waals surface area (Å²) in [5, 5.41) is 3.99. The molecule has 9 heteroatoms. The smallest absolute Gasteiger partial charge is 0.251 e. The number of anilines is 1. The van der Waals surface area contributed by atoms with Gasteiger partial charge in [0, 0.05) is 40.5 Å². The zero-order valence-electron chi connectivity index (χ0n) is 25.8. The van der Waals surface area contributed by atoms with E-state index in [2.05, 4.69) is 52.7 Å². The van der Waals surface area contributed by atoms with Crippen molar-refractivity contribution >= 4 is 46.2 Å². The maximum Gasteiger partial charge on any atom is 0.251 e. The summed E-state index contributed by atoms with van der Waals surface area (Å²) in [5.74, 6) is 1.92. The van der Waals surface area contributed by atoms with Crippen LogP contribution in [0.5, 0.6) is 5.75 Å². The van der Waals surface area contributed by atoms with E-state index < -0.39 is 10.3 Å². The van der Waals surface area contributed by atoms with E-state index in [-0.39, 0.29) is 29.8 Å². The number of rotatable bonds is 3. The minimum Gasteiger partial charge on any atom is -0.497 e. The molecule has 46 heavy (non-hydrogen) atoms. The molecule has 2 amide bonds. The zero-order chi connectivity index (χ0) is 31.0. The highest BCUT2D eigenvalue weighted by Gasteiger charge is 2.82. The summed E-state index contributed by atoms with van der Waals surface area (Å²) in [6, 6.07) is 26.4. The highest BCUT2D eigenvalue weighted by atomic mass is 32.2. The zero-order valence-corrected chi connectivity index (χ0v) is 27.4. The van der Waals surface area contributed by atoms with E-state index in [1.807, 2.05) is 53.1 Å². The molecule has 2 spiro atoms. The van der Waals surface area contributed by atoms with Crippen LogP contribution in [-0.4, -0.2) is 56.3 Å².